The fourth-order valence-electron chi connectivity index (χ4n) is 1.45. The predicted molar refractivity (Wildman–Crippen MR) is 63.3 cm³/mol. The van der Waals surface area contributed by atoms with Crippen LogP contribution in [0.5, 0.6) is 0 Å². The zero-order chi connectivity index (χ0) is 10.4. The van der Waals surface area contributed by atoms with Gasteiger partial charge in [-0.05, 0) is 30.0 Å². The molecule has 1 aromatic carbocycles. The number of rotatable bonds is 5. The van der Waals surface area contributed by atoms with Crippen LogP contribution in [-0.2, 0) is 13.0 Å². The van der Waals surface area contributed by atoms with E-state index in [1.54, 1.807) is 0 Å². The van der Waals surface area contributed by atoms with Crippen LogP contribution in [0.3, 0.4) is 0 Å². The molecule has 0 bridgehead atoms. The SMILES string of the molecule is CCCCCc1ccc(CO)c(Br)c1. The van der Waals surface area contributed by atoms with Crippen LogP contribution in [0.2, 0.25) is 0 Å². The van der Waals surface area contributed by atoms with Gasteiger partial charge in [-0.15, -0.1) is 0 Å². The van der Waals surface area contributed by atoms with Crippen LogP contribution in [0.1, 0.15) is 37.3 Å². The van der Waals surface area contributed by atoms with Crippen molar-refractivity contribution in [3.05, 3.63) is 33.8 Å². The molecule has 78 valence electrons. The highest BCUT2D eigenvalue weighted by Gasteiger charge is 1.99. The van der Waals surface area contributed by atoms with Gasteiger partial charge in [0, 0.05) is 4.47 Å². The lowest BCUT2D eigenvalue weighted by Crippen LogP contribution is -1.90. The summed E-state index contributed by atoms with van der Waals surface area (Å²) in [6.45, 7) is 2.32. The molecular formula is C12H17BrO. The van der Waals surface area contributed by atoms with E-state index in [2.05, 4.69) is 35.0 Å². The molecule has 14 heavy (non-hydrogen) atoms. The van der Waals surface area contributed by atoms with Gasteiger partial charge < -0.3 is 5.11 Å². The first kappa shape index (κ1) is 11.7. The smallest absolute Gasteiger partial charge is 0.0692 e. The third-order valence-corrected chi connectivity index (χ3v) is 3.10. The second kappa shape index (κ2) is 6.20. The Morgan fingerprint density at radius 1 is 1.29 bits per heavy atom. The molecule has 0 aliphatic heterocycles. The minimum atomic E-state index is 0.107. The Morgan fingerprint density at radius 3 is 2.64 bits per heavy atom. The van der Waals surface area contributed by atoms with Gasteiger partial charge in [0.25, 0.3) is 0 Å². The molecule has 1 nitrogen and oxygen atoms in total. The number of unbranched alkanes of at least 4 members (excludes halogenated alkanes) is 2. The maximum Gasteiger partial charge on any atom is 0.0692 e. The minimum Gasteiger partial charge on any atom is -0.392 e. The molecule has 1 aromatic rings. The van der Waals surface area contributed by atoms with Crippen molar-refractivity contribution in [2.75, 3.05) is 0 Å². The molecule has 1 rings (SSSR count). The summed E-state index contributed by atoms with van der Waals surface area (Å²) >= 11 is 3.46. The van der Waals surface area contributed by atoms with Crippen molar-refractivity contribution in [3.63, 3.8) is 0 Å². The summed E-state index contributed by atoms with van der Waals surface area (Å²) in [5.41, 5.74) is 2.31. The first-order valence-electron chi connectivity index (χ1n) is 5.16. The average Bonchev–Trinajstić information content (AvgIpc) is 2.18. The van der Waals surface area contributed by atoms with E-state index in [-0.39, 0.29) is 6.61 Å². The fourth-order valence-corrected chi connectivity index (χ4v) is 2.01. The van der Waals surface area contributed by atoms with E-state index in [1.807, 2.05) is 6.07 Å². The summed E-state index contributed by atoms with van der Waals surface area (Å²) in [4.78, 5) is 0. The number of benzene rings is 1. The zero-order valence-electron chi connectivity index (χ0n) is 8.59. The molecule has 0 saturated carbocycles. The molecule has 0 spiro atoms. The van der Waals surface area contributed by atoms with Gasteiger partial charge in [-0.3, -0.25) is 0 Å². The molecule has 0 aromatic heterocycles. The van der Waals surface area contributed by atoms with E-state index in [0.29, 0.717) is 0 Å². The Kier molecular flexibility index (Phi) is 5.20. The average molecular weight is 257 g/mol. The Labute approximate surface area is 94.3 Å². The maximum atomic E-state index is 8.99. The van der Waals surface area contributed by atoms with Crippen LogP contribution in [0.15, 0.2) is 22.7 Å². The van der Waals surface area contributed by atoms with Gasteiger partial charge in [-0.1, -0.05) is 47.8 Å². The van der Waals surface area contributed by atoms with Gasteiger partial charge in [-0.2, -0.15) is 0 Å². The summed E-state index contributed by atoms with van der Waals surface area (Å²) in [6.07, 6.45) is 4.94. The third-order valence-electron chi connectivity index (χ3n) is 2.36. The first-order chi connectivity index (χ1) is 6.77. The number of hydrogen-bond acceptors (Lipinski definition) is 1. The van der Waals surface area contributed by atoms with Gasteiger partial charge in [-0.25, -0.2) is 0 Å². The van der Waals surface area contributed by atoms with Crippen molar-refractivity contribution in [1.82, 2.24) is 0 Å². The second-order valence-electron chi connectivity index (χ2n) is 3.54. The van der Waals surface area contributed by atoms with E-state index < -0.39 is 0 Å². The molecular weight excluding hydrogens is 240 g/mol. The molecule has 0 fully saturated rings. The van der Waals surface area contributed by atoms with Crippen molar-refractivity contribution in [1.29, 1.82) is 0 Å². The summed E-state index contributed by atoms with van der Waals surface area (Å²) in [6, 6.07) is 6.21. The normalized spacial score (nSPS) is 10.5. The second-order valence-corrected chi connectivity index (χ2v) is 4.40. The van der Waals surface area contributed by atoms with E-state index in [1.165, 1.54) is 24.8 Å². The van der Waals surface area contributed by atoms with E-state index >= 15 is 0 Å². The fraction of sp³-hybridized carbons (Fsp3) is 0.500. The van der Waals surface area contributed by atoms with Crippen molar-refractivity contribution in [2.24, 2.45) is 0 Å². The van der Waals surface area contributed by atoms with Crippen LogP contribution < -0.4 is 0 Å². The highest BCUT2D eigenvalue weighted by Crippen LogP contribution is 2.19. The van der Waals surface area contributed by atoms with E-state index in [4.69, 9.17) is 5.11 Å². The summed E-state index contributed by atoms with van der Waals surface area (Å²) in [5, 5.41) is 8.99. The topological polar surface area (TPSA) is 20.2 Å². The van der Waals surface area contributed by atoms with Crippen molar-refractivity contribution >= 4 is 15.9 Å². The molecule has 0 aliphatic carbocycles. The van der Waals surface area contributed by atoms with Crippen LogP contribution >= 0.6 is 15.9 Å². The molecule has 0 saturated heterocycles. The van der Waals surface area contributed by atoms with Crippen LogP contribution in [-0.4, -0.2) is 5.11 Å². The Morgan fingerprint density at radius 2 is 2.07 bits per heavy atom. The molecule has 0 heterocycles. The van der Waals surface area contributed by atoms with Crippen molar-refractivity contribution in [3.8, 4) is 0 Å². The lowest BCUT2D eigenvalue weighted by molar-refractivity contribution is 0.281. The number of halogens is 1. The van der Waals surface area contributed by atoms with Crippen LogP contribution in [0, 0.1) is 0 Å². The lowest BCUT2D eigenvalue weighted by atomic mass is 10.1. The molecule has 0 aliphatic rings. The maximum absolute atomic E-state index is 8.99. The monoisotopic (exact) mass is 256 g/mol. The lowest BCUT2D eigenvalue weighted by Gasteiger charge is -2.04. The molecule has 0 amide bonds. The Hall–Kier alpha value is -0.340. The number of aliphatic hydroxyl groups excluding tert-OH is 1. The van der Waals surface area contributed by atoms with Gasteiger partial charge in [0.2, 0.25) is 0 Å². The Balaban J connectivity index is 2.57. The molecule has 0 unspecified atom stereocenters. The predicted octanol–water partition coefficient (Wildman–Crippen LogP) is 3.67. The van der Waals surface area contributed by atoms with Crippen molar-refractivity contribution in [2.45, 2.75) is 39.2 Å². The molecule has 0 radical (unpaired) electrons. The molecule has 2 heteroatoms. The van der Waals surface area contributed by atoms with Crippen LogP contribution in [0.25, 0.3) is 0 Å². The third kappa shape index (κ3) is 3.43. The number of hydrogen-bond donors (Lipinski definition) is 1. The Bertz CT molecular complexity index is 284. The molecule has 1 N–H and O–H groups in total. The summed E-state index contributed by atoms with van der Waals surface area (Å²) < 4.78 is 1.02. The first-order valence-corrected chi connectivity index (χ1v) is 5.95. The largest absolute Gasteiger partial charge is 0.392 e. The van der Waals surface area contributed by atoms with Crippen LogP contribution in [0.4, 0.5) is 0 Å². The summed E-state index contributed by atoms with van der Waals surface area (Å²) in [7, 11) is 0. The van der Waals surface area contributed by atoms with Crippen molar-refractivity contribution < 1.29 is 5.11 Å². The summed E-state index contributed by atoms with van der Waals surface area (Å²) in [5.74, 6) is 0. The highest BCUT2D eigenvalue weighted by atomic mass is 79.9. The van der Waals surface area contributed by atoms with E-state index in [0.717, 1.165) is 16.5 Å². The van der Waals surface area contributed by atoms with Gasteiger partial charge in [0.05, 0.1) is 6.61 Å². The van der Waals surface area contributed by atoms with Gasteiger partial charge >= 0.3 is 0 Å². The number of aryl methyl sites for hydroxylation is 1. The quantitative estimate of drug-likeness (QED) is 0.798. The minimum absolute atomic E-state index is 0.107. The zero-order valence-corrected chi connectivity index (χ0v) is 10.2. The highest BCUT2D eigenvalue weighted by molar-refractivity contribution is 9.10. The van der Waals surface area contributed by atoms with E-state index in [9.17, 15) is 0 Å². The van der Waals surface area contributed by atoms with Gasteiger partial charge in [0.1, 0.15) is 0 Å². The standard InChI is InChI=1S/C12H17BrO/c1-2-3-4-5-10-6-7-11(9-14)12(13)8-10/h6-8,14H,2-5,9H2,1H3. The van der Waals surface area contributed by atoms with Gasteiger partial charge in [0.15, 0.2) is 0 Å². The molecule has 0 atom stereocenters. The number of aliphatic hydroxyl groups is 1.